The van der Waals surface area contributed by atoms with E-state index in [9.17, 15) is 27.9 Å². The smallest absolute Gasteiger partial charge is 0.410 e. The van der Waals surface area contributed by atoms with E-state index in [2.05, 4.69) is 10.4 Å². The molecule has 2 aromatic carbocycles. The van der Waals surface area contributed by atoms with E-state index in [1.54, 1.807) is 42.5 Å². The number of carboxylic acids is 1. The third-order valence-corrected chi connectivity index (χ3v) is 6.82. The molecule has 2 N–H and O–H groups in total. The van der Waals surface area contributed by atoms with Crippen molar-refractivity contribution in [1.82, 2.24) is 14.7 Å². The highest BCUT2D eigenvalue weighted by atomic mass is 19.4. The van der Waals surface area contributed by atoms with E-state index in [1.165, 1.54) is 4.90 Å². The van der Waals surface area contributed by atoms with Crippen LogP contribution < -0.4 is 5.32 Å². The number of likely N-dealkylation sites (tertiary alicyclic amines) is 1. The first kappa shape index (κ1) is 22.9. The molecular formula is C25H23F3N4O3. The molecule has 0 spiro atoms. The zero-order valence-electron chi connectivity index (χ0n) is 18.5. The van der Waals surface area contributed by atoms with E-state index < -0.39 is 42.0 Å². The van der Waals surface area contributed by atoms with Crippen LogP contribution in [0.15, 0.2) is 66.9 Å². The first-order valence-electron chi connectivity index (χ1n) is 11.3. The van der Waals surface area contributed by atoms with E-state index in [-0.39, 0.29) is 30.9 Å². The van der Waals surface area contributed by atoms with Gasteiger partial charge in [-0.3, -0.25) is 9.59 Å². The van der Waals surface area contributed by atoms with Gasteiger partial charge >= 0.3 is 12.1 Å². The minimum absolute atomic E-state index is 0.00210. The van der Waals surface area contributed by atoms with Crippen LogP contribution in [-0.2, 0) is 4.79 Å². The van der Waals surface area contributed by atoms with Gasteiger partial charge in [0.25, 0.3) is 5.91 Å². The van der Waals surface area contributed by atoms with Crippen LogP contribution in [0.3, 0.4) is 0 Å². The maximum atomic E-state index is 14.0. The van der Waals surface area contributed by atoms with E-state index in [0.29, 0.717) is 5.56 Å². The van der Waals surface area contributed by atoms with E-state index in [1.807, 2.05) is 18.2 Å². The number of carboxylic acid groups (broad SMARTS) is 1. The molecule has 3 heterocycles. The number of aromatic nitrogens is 2. The average Bonchev–Trinajstić information content (AvgIpc) is 3.49. The van der Waals surface area contributed by atoms with Crippen LogP contribution in [0, 0.1) is 5.92 Å². The maximum Gasteiger partial charge on any atom is 0.410 e. The quantitative estimate of drug-likeness (QED) is 0.570. The van der Waals surface area contributed by atoms with Gasteiger partial charge in [-0.15, -0.1) is 0 Å². The number of anilines is 1. The van der Waals surface area contributed by atoms with E-state index in [4.69, 9.17) is 0 Å². The van der Waals surface area contributed by atoms with Crippen LogP contribution in [0.5, 0.6) is 0 Å². The van der Waals surface area contributed by atoms with Crippen molar-refractivity contribution in [3.05, 3.63) is 83.6 Å². The second kappa shape index (κ2) is 8.75. The Morgan fingerprint density at radius 1 is 0.971 bits per heavy atom. The van der Waals surface area contributed by atoms with Crippen LogP contribution in [0.4, 0.5) is 19.0 Å². The van der Waals surface area contributed by atoms with Gasteiger partial charge in [0, 0.05) is 25.4 Å². The van der Waals surface area contributed by atoms with Gasteiger partial charge in [0.1, 0.15) is 11.4 Å². The van der Waals surface area contributed by atoms with E-state index in [0.717, 1.165) is 16.4 Å². The molecule has 0 radical (unpaired) electrons. The highest BCUT2D eigenvalue weighted by molar-refractivity contribution is 5.99. The van der Waals surface area contributed by atoms with Crippen molar-refractivity contribution in [2.75, 3.05) is 18.4 Å². The Hall–Kier alpha value is -3.82. The summed E-state index contributed by atoms with van der Waals surface area (Å²) < 4.78 is 42.7. The van der Waals surface area contributed by atoms with Crippen molar-refractivity contribution >= 4 is 17.7 Å². The summed E-state index contributed by atoms with van der Waals surface area (Å²) in [6.07, 6.45) is -3.68. The second-order valence-electron chi connectivity index (χ2n) is 8.92. The van der Waals surface area contributed by atoms with Crippen LogP contribution in [0.1, 0.15) is 45.9 Å². The summed E-state index contributed by atoms with van der Waals surface area (Å²) in [6, 6.07) is 15.2. The Bertz CT molecular complexity index is 1230. The van der Waals surface area contributed by atoms with Crippen LogP contribution in [0.2, 0.25) is 0 Å². The van der Waals surface area contributed by atoms with Gasteiger partial charge in [-0.05, 0) is 11.1 Å². The van der Waals surface area contributed by atoms with Gasteiger partial charge in [-0.1, -0.05) is 60.7 Å². The summed E-state index contributed by atoms with van der Waals surface area (Å²) in [5.74, 6) is -2.81. The predicted octanol–water partition coefficient (Wildman–Crippen LogP) is 4.48. The van der Waals surface area contributed by atoms with Crippen molar-refractivity contribution in [1.29, 1.82) is 0 Å². The lowest BCUT2D eigenvalue weighted by Gasteiger charge is -2.34. The number of amides is 1. The first-order valence-corrected chi connectivity index (χ1v) is 11.3. The van der Waals surface area contributed by atoms with Gasteiger partial charge in [-0.25, -0.2) is 4.68 Å². The number of alkyl halides is 3. The monoisotopic (exact) mass is 484 g/mol. The lowest BCUT2D eigenvalue weighted by atomic mass is 9.89. The number of hydrogen-bond acceptors (Lipinski definition) is 4. The second-order valence-corrected chi connectivity index (χ2v) is 8.92. The van der Waals surface area contributed by atoms with Gasteiger partial charge in [0.2, 0.25) is 0 Å². The molecule has 0 saturated carbocycles. The molecule has 1 saturated heterocycles. The van der Waals surface area contributed by atoms with Gasteiger partial charge < -0.3 is 15.3 Å². The van der Waals surface area contributed by atoms with Gasteiger partial charge in [0.05, 0.1) is 18.2 Å². The zero-order chi connectivity index (χ0) is 24.7. The predicted molar refractivity (Wildman–Crippen MR) is 121 cm³/mol. The molecule has 10 heteroatoms. The van der Waals surface area contributed by atoms with Crippen molar-refractivity contribution in [3.63, 3.8) is 0 Å². The molecular weight excluding hydrogens is 461 g/mol. The van der Waals surface area contributed by atoms with Crippen LogP contribution in [-0.4, -0.2) is 50.9 Å². The van der Waals surface area contributed by atoms with Gasteiger partial charge in [0.15, 0.2) is 6.04 Å². The normalized spacial score (nSPS) is 24.0. The standard InChI is InChI=1S/C25H23F3N4O3/c26-25(27,28)21-11-20(16-9-5-2-6-10-16)30-22-17(12-29-32(21)22)23(33)31-13-18(19(14-31)24(34)35)15-7-3-1-4-8-15/h1-10,12,18-21,30H,11,13-14H2,(H,34,35). The third kappa shape index (κ3) is 4.24. The first-order chi connectivity index (χ1) is 16.7. The fraction of sp³-hybridized carbons (Fsp3) is 0.320. The van der Waals surface area contributed by atoms with Crippen molar-refractivity contribution in [3.8, 4) is 0 Å². The number of hydrogen-bond donors (Lipinski definition) is 2. The fourth-order valence-corrected chi connectivity index (χ4v) is 5.05. The number of carbonyl (C=O) groups is 2. The molecule has 4 unspecified atom stereocenters. The maximum absolute atomic E-state index is 14.0. The van der Waals surface area contributed by atoms with E-state index >= 15 is 0 Å². The summed E-state index contributed by atoms with van der Waals surface area (Å²) in [5.41, 5.74) is 1.47. The molecule has 4 atom stereocenters. The molecule has 182 valence electrons. The van der Waals surface area contributed by atoms with Crippen molar-refractivity contribution < 1.29 is 27.9 Å². The molecule has 0 aliphatic carbocycles. The Balaban J connectivity index is 1.47. The van der Waals surface area contributed by atoms with Crippen LogP contribution >= 0.6 is 0 Å². The number of halogens is 3. The SMILES string of the molecule is O=C(O)C1CN(C(=O)c2cnn3c2NC(c2ccccc2)CC3C(F)(F)F)CC1c1ccccc1. The molecule has 35 heavy (non-hydrogen) atoms. The Labute approximate surface area is 199 Å². The fourth-order valence-electron chi connectivity index (χ4n) is 5.05. The Morgan fingerprint density at radius 2 is 1.60 bits per heavy atom. The average molecular weight is 484 g/mol. The number of rotatable bonds is 4. The highest BCUT2D eigenvalue weighted by Crippen LogP contribution is 2.45. The molecule has 5 rings (SSSR count). The molecule has 1 fully saturated rings. The molecule has 1 amide bonds. The largest absolute Gasteiger partial charge is 0.481 e. The number of nitrogens with one attached hydrogen (secondary N) is 1. The lowest BCUT2D eigenvalue weighted by molar-refractivity contribution is -0.173. The molecule has 3 aromatic rings. The molecule has 2 aliphatic heterocycles. The third-order valence-electron chi connectivity index (χ3n) is 6.82. The minimum atomic E-state index is -4.56. The summed E-state index contributed by atoms with van der Waals surface area (Å²) >= 11 is 0. The number of fused-ring (bicyclic) bond motifs is 1. The molecule has 1 aromatic heterocycles. The minimum Gasteiger partial charge on any atom is -0.481 e. The number of carbonyl (C=O) groups excluding carboxylic acids is 1. The Morgan fingerprint density at radius 3 is 2.20 bits per heavy atom. The highest BCUT2D eigenvalue weighted by Gasteiger charge is 2.48. The molecule has 7 nitrogen and oxygen atoms in total. The number of nitrogens with zero attached hydrogens (tertiary/aromatic N) is 3. The Kier molecular flexibility index (Phi) is 5.74. The lowest BCUT2D eigenvalue weighted by Crippen LogP contribution is -2.37. The van der Waals surface area contributed by atoms with Crippen molar-refractivity contribution in [2.45, 2.75) is 30.6 Å². The summed E-state index contributed by atoms with van der Waals surface area (Å²) in [6.45, 7) is 0.110. The molecule has 0 bridgehead atoms. The summed E-state index contributed by atoms with van der Waals surface area (Å²) in [4.78, 5) is 26.8. The van der Waals surface area contributed by atoms with Crippen LogP contribution in [0.25, 0.3) is 0 Å². The topological polar surface area (TPSA) is 87.5 Å². The molecule has 2 aliphatic rings. The summed E-state index contributed by atoms with van der Waals surface area (Å²) in [7, 11) is 0. The van der Waals surface area contributed by atoms with Gasteiger partial charge in [-0.2, -0.15) is 18.3 Å². The summed E-state index contributed by atoms with van der Waals surface area (Å²) in [5, 5.41) is 16.8. The number of aliphatic carboxylic acids is 1. The van der Waals surface area contributed by atoms with Crippen molar-refractivity contribution in [2.24, 2.45) is 5.92 Å². The zero-order valence-corrected chi connectivity index (χ0v) is 18.5. The number of benzene rings is 2.